The van der Waals surface area contributed by atoms with E-state index in [1.165, 1.54) is 12.8 Å². The Labute approximate surface area is 88.8 Å². The summed E-state index contributed by atoms with van der Waals surface area (Å²) in [5.74, 6) is 0.810. The average Bonchev–Trinajstić information content (AvgIpc) is 2.82. The van der Waals surface area contributed by atoms with Gasteiger partial charge in [-0.2, -0.15) is 0 Å². The van der Waals surface area contributed by atoms with E-state index < -0.39 is 0 Å². The van der Waals surface area contributed by atoms with Gasteiger partial charge in [0.25, 0.3) is 0 Å². The highest BCUT2D eigenvalue weighted by atomic mass is 15.1. The van der Waals surface area contributed by atoms with E-state index in [-0.39, 0.29) is 0 Å². The number of nitrogens with zero attached hydrogens (tertiary/aromatic N) is 1. The van der Waals surface area contributed by atoms with Gasteiger partial charge in [-0.05, 0) is 38.1 Å². The first-order valence-electron chi connectivity index (χ1n) is 5.78. The van der Waals surface area contributed by atoms with Crippen LogP contribution < -0.4 is 5.73 Å². The topological polar surface area (TPSA) is 29.3 Å². The molecule has 0 bridgehead atoms. The SMILES string of the molecule is CC(N(C)CC(N)C1CC1)C(C)(C)C. The summed E-state index contributed by atoms with van der Waals surface area (Å²) in [7, 11) is 2.19. The maximum atomic E-state index is 6.12. The molecule has 1 saturated carbocycles. The van der Waals surface area contributed by atoms with E-state index in [4.69, 9.17) is 5.73 Å². The molecule has 0 aromatic rings. The summed E-state index contributed by atoms with van der Waals surface area (Å²) in [6.45, 7) is 10.2. The van der Waals surface area contributed by atoms with Crippen molar-refractivity contribution < 1.29 is 0 Å². The maximum absolute atomic E-state index is 6.12. The number of likely N-dealkylation sites (N-methyl/N-ethyl adjacent to an activating group) is 1. The monoisotopic (exact) mass is 198 g/mol. The summed E-state index contributed by atoms with van der Waals surface area (Å²) in [6.07, 6.45) is 2.69. The first-order valence-corrected chi connectivity index (χ1v) is 5.78. The lowest BCUT2D eigenvalue weighted by molar-refractivity contribution is 0.131. The fraction of sp³-hybridized carbons (Fsp3) is 1.00. The van der Waals surface area contributed by atoms with Gasteiger partial charge in [-0.25, -0.2) is 0 Å². The van der Waals surface area contributed by atoms with E-state index in [0.717, 1.165) is 12.5 Å². The van der Waals surface area contributed by atoms with Crippen molar-refractivity contribution in [3.63, 3.8) is 0 Å². The lowest BCUT2D eigenvalue weighted by Crippen LogP contribution is -2.45. The highest BCUT2D eigenvalue weighted by Crippen LogP contribution is 2.32. The molecule has 0 saturated heterocycles. The van der Waals surface area contributed by atoms with Crippen LogP contribution in [0.15, 0.2) is 0 Å². The smallest absolute Gasteiger partial charge is 0.0196 e. The maximum Gasteiger partial charge on any atom is 0.0196 e. The van der Waals surface area contributed by atoms with Crippen LogP contribution in [0, 0.1) is 11.3 Å². The van der Waals surface area contributed by atoms with E-state index >= 15 is 0 Å². The molecular weight excluding hydrogens is 172 g/mol. The molecule has 0 heterocycles. The van der Waals surface area contributed by atoms with Gasteiger partial charge >= 0.3 is 0 Å². The van der Waals surface area contributed by atoms with Gasteiger partial charge in [-0.1, -0.05) is 20.8 Å². The van der Waals surface area contributed by atoms with Crippen LogP contribution >= 0.6 is 0 Å². The third-order valence-electron chi connectivity index (χ3n) is 3.64. The fourth-order valence-corrected chi connectivity index (χ4v) is 1.83. The molecule has 0 aromatic heterocycles. The number of hydrogen-bond acceptors (Lipinski definition) is 2. The summed E-state index contributed by atoms with van der Waals surface area (Å²) in [5.41, 5.74) is 6.46. The van der Waals surface area contributed by atoms with Crippen LogP contribution in [-0.2, 0) is 0 Å². The first-order chi connectivity index (χ1) is 6.32. The van der Waals surface area contributed by atoms with Crippen molar-refractivity contribution in [2.24, 2.45) is 17.1 Å². The van der Waals surface area contributed by atoms with E-state index in [0.29, 0.717) is 17.5 Å². The molecule has 0 spiro atoms. The van der Waals surface area contributed by atoms with Crippen LogP contribution in [0.1, 0.15) is 40.5 Å². The molecule has 0 radical (unpaired) electrons. The van der Waals surface area contributed by atoms with Crippen molar-refractivity contribution in [3.8, 4) is 0 Å². The minimum Gasteiger partial charge on any atom is -0.326 e. The second kappa shape index (κ2) is 4.19. The Kier molecular flexibility index (Phi) is 3.59. The molecule has 2 heteroatoms. The molecule has 1 rings (SSSR count). The molecule has 14 heavy (non-hydrogen) atoms. The molecule has 2 nitrogen and oxygen atoms in total. The molecular formula is C12H26N2. The van der Waals surface area contributed by atoms with Crippen LogP contribution in [0.2, 0.25) is 0 Å². The van der Waals surface area contributed by atoms with Gasteiger partial charge in [0.15, 0.2) is 0 Å². The second-order valence-electron chi connectivity index (χ2n) is 5.98. The molecule has 0 aliphatic heterocycles. The highest BCUT2D eigenvalue weighted by Gasteiger charge is 2.31. The third kappa shape index (κ3) is 3.25. The lowest BCUT2D eigenvalue weighted by Gasteiger charge is -2.36. The van der Waals surface area contributed by atoms with Crippen LogP contribution in [0.4, 0.5) is 0 Å². The molecule has 1 aliphatic rings. The summed E-state index contributed by atoms with van der Waals surface area (Å²) in [6, 6.07) is 0.983. The number of nitrogens with two attached hydrogens (primary N) is 1. The van der Waals surface area contributed by atoms with Crippen molar-refractivity contribution in [1.29, 1.82) is 0 Å². The second-order valence-corrected chi connectivity index (χ2v) is 5.98. The number of rotatable bonds is 4. The highest BCUT2D eigenvalue weighted by molar-refractivity contribution is 4.87. The zero-order chi connectivity index (χ0) is 10.9. The normalized spacial score (nSPS) is 22.5. The predicted octanol–water partition coefficient (Wildman–Crippen LogP) is 2.09. The Morgan fingerprint density at radius 2 is 1.86 bits per heavy atom. The van der Waals surface area contributed by atoms with Crippen LogP contribution in [-0.4, -0.2) is 30.6 Å². The van der Waals surface area contributed by atoms with Gasteiger partial charge in [-0.15, -0.1) is 0 Å². The Morgan fingerprint density at radius 1 is 1.36 bits per heavy atom. The van der Waals surface area contributed by atoms with Crippen molar-refractivity contribution in [2.75, 3.05) is 13.6 Å². The molecule has 0 amide bonds. The Hall–Kier alpha value is -0.0800. The van der Waals surface area contributed by atoms with Crippen molar-refractivity contribution in [2.45, 2.75) is 52.6 Å². The molecule has 2 atom stereocenters. The fourth-order valence-electron chi connectivity index (χ4n) is 1.83. The Balaban J connectivity index is 2.36. The first kappa shape index (κ1) is 12.0. The molecule has 2 N–H and O–H groups in total. The minimum absolute atomic E-state index is 0.345. The van der Waals surface area contributed by atoms with E-state index in [2.05, 4.69) is 39.6 Å². The summed E-state index contributed by atoms with van der Waals surface area (Å²) in [4.78, 5) is 2.41. The summed E-state index contributed by atoms with van der Waals surface area (Å²) >= 11 is 0. The van der Waals surface area contributed by atoms with Crippen molar-refractivity contribution in [3.05, 3.63) is 0 Å². The van der Waals surface area contributed by atoms with Crippen molar-refractivity contribution >= 4 is 0 Å². The molecule has 2 unspecified atom stereocenters. The lowest BCUT2D eigenvalue weighted by atomic mass is 9.87. The standard InChI is InChI=1S/C12H26N2/c1-9(12(2,3)4)14(5)8-11(13)10-6-7-10/h9-11H,6-8,13H2,1-5H3. The van der Waals surface area contributed by atoms with Crippen LogP contribution in [0.5, 0.6) is 0 Å². The van der Waals surface area contributed by atoms with Gasteiger partial charge < -0.3 is 10.6 Å². The largest absolute Gasteiger partial charge is 0.326 e. The minimum atomic E-state index is 0.345. The van der Waals surface area contributed by atoms with E-state index in [1.807, 2.05) is 0 Å². The van der Waals surface area contributed by atoms with Gasteiger partial charge in [0.1, 0.15) is 0 Å². The number of hydrogen-bond donors (Lipinski definition) is 1. The van der Waals surface area contributed by atoms with Crippen LogP contribution in [0.3, 0.4) is 0 Å². The quantitative estimate of drug-likeness (QED) is 0.749. The van der Waals surface area contributed by atoms with E-state index in [1.54, 1.807) is 0 Å². The van der Waals surface area contributed by atoms with Crippen molar-refractivity contribution in [1.82, 2.24) is 4.90 Å². The van der Waals surface area contributed by atoms with Gasteiger partial charge in [0.2, 0.25) is 0 Å². The van der Waals surface area contributed by atoms with Gasteiger partial charge in [0, 0.05) is 18.6 Å². The third-order valence-corrected chi connectivity index (χ3v) is 3.64. The van der Waals surface area contributed by atoms with Gasteiger partial charge in [0.05, 0.1) is 0 Å². The Bertz CT molecular complexity index is 179. The molecule has 0 aromatic carbocycles. The van der Waals surface area contributed by atoms with Gasteiger partial charge in [-0.3, -0.25) is 0 Å². The van der Waals surface area contributed by atoms with E-state index in [9.17, 15) is 0 Å². The summed E-state index contributed by atoms with van der Waals surface area (Å²) in [5, 5.41) is 0. The zero-order valence-corrected chi connectivity index (χ0v) is 10.4. The molecule has 1 fully saturated rings. The average molecular weight is 198 g/mol. The Morgan fingerprint density at radius 3 is 2.21 bits per heavy atom. The molecule has 84 valence electrons. The molecule has 1 aliphatic carbocycles. The van der Waals surface area contributed by atoms with Crippen LogP contribution in [0.25, 0.3) is 0 Å². The summed E-state index contributed by atoms with van der Waals surface area (Å²) < 4.78 is 0. The zero-order valence-electron chi connectivity index (χ0n) is 10.4. The predicted molar refractivity (Wildman–Crippen MR) is 62.2 cm³/mol.